The average molecular weight is 303 g/mol. The summed E-state index contributed by atoms with van der Waals surface area (Å²) in [5.74, 6) is 0. The van der Waals surface area contributed by atoms with Gasteiger partial charge >= 0.3 is 0 Å². The molecule has 1 aliphatic heterocycles. The maximum Gasteiger partial charge on any atom is 0.186 e. The summed E-state index contributed by atoms with van der Waals surface area (Å²) in [7, 11) is 2.16. The quantitative estimate of drug-likeness (QED) is 0.945. The van der Waals surface area contributed by atoms with Gasteiger partial charge in [0.15, 0.2) is 5.13 Å². The number of piperazine rings is 1. The lowest BCUT2D eigenvalue weighted by atomic mass is 10.1. The number of nitrogens with zero attached hydrogens (tertiary/aromatic N) is 3. The molecule has 0 bridgehead atoms. The van der Waals surface area contributed by atoms with Crippen molar-refractivity contribution in [3.8, 4) is 11.3 Å². The van der Waals surface area contributed by atoms with Crippen molar-refractivity contribution in [2.75, 3.05) is 31.6 Å². The molecule has 2 aromatic rings. The predicted octanol–water partition coefficient (Wildman–Crippen LogP) is 2.44. The summed E-state index contributed by atoms with van der Waals surface area (Å²) < 4.78 is 0. The summed E-state index contributed by atoms with van der Waals surface area (Å²) >= 11 is 1.61. The summed E-state index contributed by atoms with van der Waals surface area (Å²) in [6, 6.07) is 10.6. The molecule has 1 saturated heterocycles. The maximum absolute atomic E-state index is 9.64. The van der Waals surface area contributed by atoms with Crippen molar-refractivity contribution in [1.29, 1.82) is 0 Å². The molecule has 2 heterocycles. The summed E-state index contributed by atoms with van der Waals surface area (Å²) in [5, 5.41) is 10.7. The van der Waals surface area contributed by atoms with Crippen LogP contribution in [0.2, 0.25) is 0 Å². The van der Waals surface area contributed by atoms with Gasteiger partial charge in [-0.2, -0.15) is 0 Å². The molecular formula is C16H21N3OS. The van der Waals surface area contributed by atoms with Crippen molar-refractivity contribution >= 4 is 16.5 Å². The fourth-order valence-corrected chi connectivity index (χ4v) is 3.89. The van der Waals surface area contributed by atoms with E-state index in [1.807, 2.05) is 30.3 Å². The molecule has 1 aliphatic rings. The molecule has 0 amide bonds. The number of rotatable bonds is 3. The van der Waals surface area contributed by atoms with Gasteiger partial charge in [-0.25, -0.2) is 4.98 Å². The molecule has 112 valence electrons. The number of thiazole rings is 1. The zero-order valence-electron chi connectivity index (χ0n) is 12.5. The van der Waals surface area contributed by atoms with Gasteiger partial charge in [0.1, 0.15) is 0 Å². The zero-order valence-corrected chi connectivity index (χ0v) is 13.3. The molecule has 0 radical (unpaired) electrons. The van der Waals surface area contributed by atoms with E-state index in [4.69, 9.17) is 4.98 Å². The molecule has 1 N–H and O–H groups in total. The lowest BCUT2D eigenvalue weighted by Crippen LogP contribution is -2.50. The Hall–Kier alpha value is -1.43. The van der Waals surface area contributed by atoms with E-state index in [2.05, 4.69) is 23.8 Å². The molecule has 0 spiro atoms. The highest BCUT2D eigenvalue weighted by atomic mass is 32.1. The van der Waals surface area contributed by atoms with Crippen LogP contribution in [0.4, 0.5) is 5.13 Å². The van der Waals surface area contributed by atoms with E-state index in [1.165, 1.54) is 0 Å². The van der Waals surface area contributed by atoms with Crippen LogP contribution in [0, 0.1) is 0 Å². The largest absolute Gasteiger partial charge is 0.391 e. The Bertz CT molecular complexity index is 599. The summed E-state index contributed by atoms with van der Waals surface area (Å²) in [5.41, 5.74) is 2.00. The second kappa shape index (κ2) is 6.13. The van der Waals surface area contributed by atoms with Crippen LogP contribution in [0.25, 0.3) is 11.3 Å². The molecule has 1 unspecified atom stereocenters. The molecule has 0 aliphatic carbocycles. The number of aromatic nitrogens is 1. The number of hydrogen-bond donors (Lipinski definition) is 1. The molecule has 21 heavy (non-hydrogen) atoms. The Morgan fingerprint density at radius 3 is 2.71 bits per heavy atom. The lowest BCUT2D eigenvalue weighted by Gasteiger charge is -2.38. The van der Waals surface area contributed by atoms with E-state index < -0.39 is 0 Å². The molecule has 4 nitrogen and oxygen atoms in total. The van der Waals surface area contributed by atoms with E-state index in [1.54, 1.807) is 11.3 Å². The first-order valence-electron chi connectivity index (χ1n) is 7.30. The van der Waals surface area contributed by atoms with Crippen LogP contribution >= 0.6 is 11.3 Å². The normalized spacial score (nSPS) is 20.0. The average Bonchev–Trinajstić information content (AvgIpc) is 2.92. The first-order valence-corrected chi connectivity index (χ1v) is 8.12. The highest BCUT2D eigenvalue weighted by Gasteiger charge is 2.25. The summed E-state index contributed by atoms with van der Waals surface area (Å²) in [6.07, 6.45) is 0. The van der Waals surface area contributed by atoms with Gasteiger partial charge in [0, 0.05) is 31.2 Å². The van der Waals surface area contributed by atoms with Crippen molar-refractivity contribution in [3.63, 3.8) is 0 Å². The first-order chi connectivity index (χ1) is 10.2. The van der Waals surface area contributed by atoms with Crippen LogP contribution in [0.15, 0.2) is 30.3 Å². The third-order valence-corrected chi connectivity index (χ3v) is 5.03. The standard InChI is InChI=1S/C16H21N3OS/c1-12-10-18(2)8-9-19(12)16-17-15(14(11-20)21-16)13-6-4-3-5-7-13/h3-7,12,20H,8-11H2,1-2H3. The van der Waals surface area contributed by atoms with Crippen LogP contribution in [-0.4, -0.2) is 47.7 Å². The minimum Gasteiger partial charge on any atom is -0.391 e. The molecule has 1 aromatic carbocycles. The zero-order chi connectivity index (χ0) is 14.8. The Morgan fingerprint density at radius 1 is 1.29 bits per heavy atom. The van der Waals surface area contributed by atoms with Crippen molar-refractivity contribution in [2.24, 2.45) is 0 Å². The topological polar surface area (TPSA) is 39.6 Å². The van der Waals surface area contributed by atoms with Crippen molar-refractivity contribution < 1.29 is 5.11 Å². The van der Waals surface area contributed by atoms with Gasteiger partial charge in [-0.1, -0.05) is 41.7 Å². The Balaban J connectivity index is 1.93. The van der Waals surface area contributed by atoms with Gasteiger partial charge in [-0.05, 0) is 14.0 Å². The Kier molecular flexibility index (Phi) is 4.24. The van der Waals surface area contributed by atoms with Gasteiger partial charge in [0.25, 0.3) is 0 Å². The Morgan fingerprint density at radius 2 is 2.05 bits per heavy atom. The fraction of sp³-hybridized carbons (Fsp3) is 0.438. The van der Waals surface area contributed by atoms with Crippen LogP contribution in [0.1, 0.15) is 11.8 Å². The number of benzene rings is 1. The highest BCUT2D eigenvalue weighted by molar-refractivity contribution is 7.16. The van der Waals surface area contributed by atoms with Crippen LogP contribution in [-0.2, 0) is 6.61 Å². The number of hydrogen-bond acceptors (Lipinski definition) is 5. The molecular weight excluding hydrogens is 282 g/mol. The van der Waals surface area contributed by atoms with E-state index in [0.717, 1.165) is 40.9 Å². The molecule has 5 heteroatoms. The van der Waals surface area contributed by atoms with E-state index in [0.29, 0.717) is 6.04 Å². The van der Waals surface area contributed by atoms with Gasteiger partial charge in [0.05, 0.1) is 17.2 Å². The summed E-state index contributed by atoms with van der Waals surface area (Å²) in [4.78, 5) is 10.5. The van der Waals surface area contributed by atoms with Crippen LogP contribution in [0.5, 0.6) is 0 Å². The third-order valence-electron chi connectivity index (χ3n) is 3.95. The Labute approximate surface area is 129 Å². The van der Waals surface area contributed by atoms with Gasteiger partial charge < -0.3 is 14.9 Å². The minimum absolute atomic E-state index is 0.0457. The smallest absolute Gasteiger partial charge is 0.186 e. The van der Waals surface area contributed by atoms with Gasteiger partial charge in [-0.3, -0.25) is 0 Å². The van der Waals surface area contributed by atoms with Gasteiger partial charge in [-0.15, -0.1) is 0 Å². The minimum atomic E-state index is 0.0457. The number of anilines is 1. The highest BCUT2D eigenvalue weighted by Crippen LogP contribution is 2.34. The van der Waals surface area contributed by atoms with Crippen molar-refractivity contribution in [1.82, 2.24) is 9.88 Å². The molecule has 1 fully saturated rings. The monoisotopic (exact) mass is 303 g/mol. The second-order valence-corrected chi connectivity index (χ2v) is 6.66. The van der Waals surface area contributed by atoms with E-state index >= 15 is 0 Å². The lowest BCUT2D eigenvalue weighted by molar-refractivity contribution is 0.275. The molecule has 3 rings (SSSR count). The predicted molar refractivity (Wildman–Crippen MR) is 87.8 cm³/mol. The second-order valence-electron chi connectivity index (χ2n) is 5.60. The third kappa shape index (κ3) is 2.95. The molecule has 1 atom stereocenters. The first kappa shape index (κ1) is 14.5. The number of aliphatic hydroxyl groups is 1. The number of likely N-dealkylation sites (N-methyl/N-ethyl adjacent to an activating group) is 1. The van der Waals surface area contributed by atoms with Crippen LogP contribution in [0.3, 0.4) is 0 Å². The fourth-order valence-electron chi connectivity index (χ4n) is 2.81. The van der Waals surface area contributed by atoms with Crippen LogP contribution < -0.4 is 4.90 Å². The SMILES string of the molecule is CC1CN(C)CCN1c1nc(-c2ccccc2)c(CO)s1. The van der Waals surface area contributed by atoms with E-state index in [-0.39, 0.29) is 6.61 Å². The van der Waals surface area contributed by atoms with Crippen molar-refractivity contribution in [2.45, 2.75) is 19.6 Å². The van der Waals surface area contributed by atoms with Gasteiger partial charge in [0.2, 0.25) is 0 Å². The molecule has 1 aromatic heterocycles. The molecule has 0 saturated carbocycles. The maximum atomic E-state index is 9.64. The van der Waals surface area contributed by atoms with Crippen molar-refractivity contribution in [3.05, 3.63) is 35.2 Å². The number of aliphatic hydroxyl groups excluding tert-OH is 1. The van der Waals surface area contributed by atoms with E-state index in [9.17, 15) is 5.11 Å². The summed E-state index contributed by atoms with van der Waals surface area (Å²) in [6.45, 7) is 5.37.